The highest BCUT2D eigenvalue weighted by atomic mass is 16.5. The van der Waals surface area contributed by atoms with E-state index in [-0.39, 0.29) is 31.0 Å². The highest BCUT2D eigenvalue weighted by molar-refractivity contribution is 5.94. The van der Waals surface area contributed by atoms with Crippen molar-refractivity contribution in [3.05, 3.63) is 46.7 Å². The van der Waals surface area contributed by atoms with Crippen LogP contribution >= 0.6 is 0 Å². The predicted octanol–water partition coefficient (Wildman–Crippen LogP) is 2.10. The maximum atomic E-state index is 12.2. The second-order valence-electron chi connectivity index (χ2n) is 5.84. The zero-order valence-corrected chi connectivity index (χ0v) is 14.5. The largest absolute Gasteiger partial charge is 0.463 e. The van der Waals surface area contributed by atoms with Gasteiger partial charge in [-0.15, -0.1) is 0 Å². The normalized spacial score (nSPS) is 14.0. The number of nitrogens with one attached hydrogen (secondary N) is 2. The molecule has 0 atom stereocenters. The van der Waals surface area contributed by atoms with Crippen LogP contribution in [0.2, 0.25) is 0 Å². The minimum Gasteiger partial charge on any atom is -0.463 e. The van der Waals surface area contributed by atoms with Crippen LogP contribution in [-0.4, -0.2) is 37.7 Å². The molecule has 1 aromatic rings. The van der Waals surface area contributed by atoms with E-state index >= 15 is 0 Å². The summed E-state index contributed by atoms with van der Waals surface area (Å²) in [5.74, 6) is -0.714. The first-order chi connectivity index (χ1) is 11.9. The summed E-state index contributed by atoms with van der Waals surface area (Å²) in [5, 5.41) is 4.98. The van der Waals surface area contributed by atoms with Crippen LogP contribution in [-0.2, 0) is 14.3 Å². The Morgan fingerprint density at radius 3 is 2.40 bits per heavy atom. The van der Waals surface area contributed by atoms with Gasteiger partial charge in [0.25, 0.3) is 0 Å². The molecule has 0 radical (unpaired) electrons. The van der Waals surface area contributed by atoms with Gasteiger partial charge in [0.2, 0.25) is 0 Å². The molecule has 134 valence electrons. The molecule has 0 saturated carbocycles. The van der Waals surface area contributed by atoms with Crippen molar-refractivity contribution in [2.24, 2.45) is 0 Å². The van der Waals surface area contributed by atoms with Crippen LogP contribution in [0.1, 0.15) is 42.6 Å². The Balaban J connectivity index is 2.07. The lowest BCUT2D eigenvalue weighted by Gasteiger charge is -2.21. The van der Waals surface area contributed by atoms with Crippen molar-refractivity contribution in [1.82, 2.24) is 10.6 Å². The van der Waals surface area contributed by atoms with Gasteiger partial charge in [-0.25, -0.2) is 14.4 Å². The van der Waals surface area contributed by atoms with Crippen LogP contribution < -0.4 is 10.6 Å². The maximum absolute atomic E-state index is 12.2. The molecular weight excluding hydrogens is 324 g/mol. The summed E-state index contributed by atoms with van der Waals surface area (Å²) >= 11 is 0. The van der Waals surface area contributed by atoms with Gasteiger partial charge in [-0.3, -0.25) is 0 Å². The lowest BCUT2D eigenvalue weighted by Crippen LogP contribution is -2.45. The van der Waals surface area contributed by atoms with Gasteiger partial charge < -0.3 is 20.1 Å². The zero-order valence-electron chi connectivity index (χ0n) is 14.5. The number of rotatable bonds is 6. The third kappa shape index (κ3) is 4.82. The average molecular weight is 346 g/mol. The van der Waals surface area contributed by atoms with Crippen molar-refractivity contribution >= 4 is 18.0 Å². The van der Waals surface area contributed by atoms with E-state index in [1.54, 1.807) is 19.1 Å². The Hall–Kier alpha value is -2.83. The number of esters is 2. The Morgan fingerprint density at radius 2 is 1.80 bits per heavy atom. The number of amides is 2. The molecule has 2 amide bonds. The third-order valence-electron chi connectivity index (χ3n) is 3.74. The van der Waals surface area contributed by atoms with E-state index in [1.807, 2.05) is 12.1 Å². The summed E-state index contributed by atoms with van der Waals surface area (Å²) in [5.41, 5.74) is 2.00. The molecule has 0 spiro atoms. The molecular formula is C18H22N2O5. The van der Waals surface area contributed by atoms with Crippen molar-refractivity contribution in [1.29, 1.82) is 0 Å². The van der Waals surface area contributed by atoms with Gasteiger partial charge in [0.1, 0.15) is 6.61 Å². The van der Waals surface area contributed by atoms with Crippen LogP contribution in [0.15, 0.2) is 35.5 Å². The second kappa shape index (κ2) is 8.32. The Labute approximate surface area is 146 Å². The number of hydrogen-bond acceptors (Lipinski definition) is 5. The summed E-state index contributed by atoms with van der Waals surface area (Å²) in [6.45, 7) is 5.85. The Kier molecular flexibility index (Phi) is 6.16. The number of hydrogen-bond donors (Lipinski definition) is 2. The molecule has 1 heterocycles. The first kappa shape index (κ1) is 18.5. The van der Waals surface area contributed by atoms with Crippen LogP contribution in [0.25, 0.3) is 0 Å². The molecule has 7 nitrogen and oxygen atoms in total. The molecule has 0 saturated heterocycles. The molecule has 0 bridgehead atoms. The van der Waals surface area contributed by atoms with Gasteiger partial charge in [0.05, 0.1) is 30.0 Å². The Bertz CT molecular complexity index is 692. The van der Waals surface area contributed by atoms with Gasteiger partial charge in [0, 0.05) is 0 Å². The summed E-state index contributed by atoms with van der Waals surface area (Å²) in [6, 6.07) is 6.67. The average Bonchev–Trinajstić information content (AvgIpc) is 2.60. The SMILES string of the molecule is CCOC(=O)C1=C(COC(=O)c2ccc(C(C)C)cc2)NC(=O)NC1. The van der Waals surface area contributed by atoms with Crippen molar-refractivity contribution in [3.63, 3.8) is 0 Å². The van der Waals surface area contributed by atoms with E-state index in [2.05, 4.69) is 24.5 Å². The minimum atomic E-state index is -0.553. The van der Waals surface area contributed by atoms with E-state index in [4.69, 9.17) is 9.47 Å². The third-order valence-corrected chi connectivity index (χ3v) is 3.74. The van der Waals surface area contributed by atoms with Gasteiger partial charge >= 0.3 is 18.0 Å². The topological polar surface area (TPSA) is 93.7 Å². The van der Waals surface area contributed by atoms with Crippen LogP contribution in [0.5, 0.6) is 0 Å². The van der Waals surface area contributed by atoms with Crippen LogP contribution in [0.4, 0.5) is 4.79 Å². The molecule has 0 unspecified atom stereocenters. The monoisotopic (exact) mass is 346 g/mol. The zero-order chi connectivity index (χ0) is 18.4. The van der Waals surface area contributed by atoms with E-state index < -0.39 is 18.0 Å². The number of carbonyl (C=O) groups is 3. The fourth-order valence-corrected chi connectivity index (χ4v) is 2.29. The van der Waals surface area contributed by atoms with Crippen LogP contribution in [0.3, 0.4) is 0 Å². The maximum Gasteiger partial charge on any atom is 0.338 e. The fourth-order valence-electron chi connectivity index (χ4n) is 2.29. The Morgan fingerprint density at radius 1 is 1.12 bits per heavy atom. The molecule has 1 aliphatic rings. The number of ether oxygens (including phenoxy) is 2. The van der Waals surface area contributed by atoms with Gasteiger partial charge in [0.15, 0.2) is 0 Å². The number of urea groups is 1. The highest BCUT2D eigenvalue weighted by Gasteiger charge is 2.24. The first-order valence-corrected chi connectivity index (χ1v) is 8.13. The summed E-state index contributed by atoms with van der Waals surface area (Å²) in [4.78, 5) is 35.5. The van der Waals surface area contributed by atoms with Gasteiger partial charge in [-0.05, 0) is 30.5 Å². The van der Waals surface area contributed by atoms with Crippen molar-refractivity contribution in [2.45, 2.75) is 26.7 Å². The van der Waals surface area contributed by atoms with Crippen LogP contribution in [0, 0.1) is 0 Å². The summed E-state index contributed by atoms with van der Waals surface area (Å²) < 4.78 is 10.2. The minimum absolute atomic E-state index is 0.0284. The molecule has 0 aromatic heterocycles. The lowest BCUT2D eigenvalue weighted by atomic mass is 10.0. The van der Waals surface area contributed by atoms with E-state index in [9.17, 15) is 14.4 Å². The molecule has 25 heavy (non-hydrogen) atoms. The smallest absolute Gasteiger partial charge is 0.338 e. The summed E-state index contributed by atoms with van der Waals surface area (Å²) in [6.07, 6.45) is 0. The first-order valence-electron chi connectivity index (χ1n) is 8.13. The highest BCUT2D eigenvalue weighted by Crippen LogP contribution is 2.16. The van der Waals surface area contributed by atoms with E-state index in [1.165, 1.54) is 0 Å². The fraction of sp³-hybridized carbons (Fsp3) is 0.389. The number of carbonyl (C=O) groups excluding carboxylic acids is 3. The lowest BCUT2D eigenvalue weighted by molar-refractivity contribution is -0.138. The molecule has 1 aliphatic heterocycles. The molecule has 0 fully saturated rings. The molecule has 2 N–H and O–H groups in total. The predicted molar refractivity (Wildman–Crippen MR) is 91.0 cm³/mol. The van der Waals surface area contributed by atoms with Gasteiger partial charge in [-0.1, -0.05) is 26.0 Å². The standard InChI is InChI=1S/C18H22N2O5/c1-4-24-17(22)14-9-19-18(23)20-15(14)10-25-16(21)13-7-5-12(6-8-13)11(2)3/h5-8,11H,4,9-10H2,1-3H3,(H2,19,20,23). The second-order valence-corrected chi connectivity index (χ2v) is 5.84. The van der Waals surface area contributed by atoms with E-state index in [0.717, 1.165) is 5.56 Å². The molecule has 1 aromatic carbocycles. The quantitative estimate of drug-likeness (QED) is 0.769. The summed E-state index contributed by atoms with van der Waals surface area (Å²) in [7, 11) is 0. The van der Waals surface area contributed by atoms with Gasteiger partial charge in [-0.2, -0.15) is 0 Å². The molecule has 7 heteroatoms. The van der Waals surface area contributed by atoms with Crippen molar-refractivity contribution in [2.75, 3.05) is 19.8 Å². The molecule has 0 aliphatic carbocycles. The molecule has 2 rings (SSSR count). The van der Waals surface area contributed by atoms with E-state index in [0.29, 0.717) is 11.5 Å². The number of benzene rings is 1. The van der Waals surface area contributed by atoms with Crippen molar-refractivity contribution < 1.29 is 23.9 Å². The van der Waals surface area contributed by atoms with Crippen molar-refractivity contribution in [3.8, 4) is 0 Å².